The van der Waals surface area contributed by atoms with Crippen LogP contribution in [0.2, 0.25) is 0 Å². The monoisotopic (exact) mass is 680 g/mol. The zero-order valence-corrected chi connectivity index (χ0v) is 29.5. The number of fused-ring (bicyclic) bond motifs is 8. The summed E-state index contributed by atoms with van der Waals surface area (Å²) < 4.78 is 0. The third-order valence-electron chi connectivity index (χ3n) is 11.9. The van der Waals surface area contributed by atoms with Gasteiger partial charge in [0.05, 0.1) is 0 Å². The normalized spacial score (nSPS) is 12.1. The van der Waals surface area contributed by atoms with E-state index in [9.17, 15) is 0 Å². The average molecular weight is 681 g/mol. The quantitative estimate of drug-likeness (QED) is 0.162. The molecule has 0 saturated heterocycles. The smallest absolute Gasteiger partial charge is 0.000137 e. The molecule has 248 valence electrons. The SMILES string of the molecule is c1ccc(-c2cc3c4c(cc(-c5ccccc5)c5c4c2-c2ccccc2-5)-c2c-3c(-c3ccccc3)c3cc4ccccc4cc3c2-c2ccccc2)cc1. The summed E-state index contributed by atoms with van der Waals surface area (Å²) >= 11 is 0. The van der Waals surface area contributed by atoms with Gasteiger partial charge in [-0.05, 0) is 146 Å². The van der Waals surface area contributed by atoms with Crippen LogP contribution in [0.3, 0.4) is 0 Å². The molecule has 0 heterocycles. The molecule has 0 N–H and O–H groups in total. The molecule has 0 aliphatic heterocycles. The van der Waals surface area contributed by atoms with E-state index in [4.69, 9.17) is 0 Å². The van der Waals surface area contributed by atoms with E-state index in [0.717, 1.165) is 0 Å². The van der Waals surface area contributed by atoms with Crippen LogP contribution in [0.1, 0.15) is 0 Å². The van der Waals surface area contributed by atoms with E-state index < -0.39 is 0 Å². The molecule has 0 nitrogen and oxygen atoms in total. The highest BCUT2D eigenvalue weighted by Crippen LogP contribution is 2.65. The van der Waals surface area contributed by atoms with Gasteiger partial charge >= 0.3 is 0 Å². The zero-order chi connectivity index (χ0) is 35.3. The number of rotatable bonds is 4. The molecule has 12 rings (SSSR count). The van der Waals surface area contributed by atoms with Crippen LogP contribution in [-0.4, -0.2) is 0 Å². The first-order valence-electron chi connectivity index (χ1n) is 18.9. The third-order valence-corrected chi connectivity index (χ3v) is 11.9. The highest BCUT2D eigenvalue weighted by molar-refractivity contribution is 6.35. The standard InChI is InChI=1S/C54H32/c1-5-17-33(18-6-1)41-31-45-51-46(32-42(34-19-7-2-8-20-34)50-40-28-16-15-27-39(40)49(41)54(50)51)53-48(36-23-11-4-12-24-36)44-30-38-26-14-13-25-37(38)29-43(44)47(52(45)53)35-21-9-3-10-22-35/h1-32H. The van der Waals surface area contributed by atoms with E-state index in [0.29, 0.717) is 0 Å². The molecule has 0 unspecified atom stereocenters. The number of hydrogen-bond acceptors (Lipinski definition) is 0. The minimum absolute atomic E-state index is 1.24. The molecule has 10 aromatic carbocycles. The van der Waals surface area contributed by atoms with Gasteiger partial charge in [-0.1, -0.05) is 170 Å². The Labute approximate surface area is 314 Å². The molecule has 0 amide bonds. The molecule has 0 aromatic heterocycles. The van der Waals surface area contributed by atoms with E-state index in [2.05, 4.69) is 194 Å². The summed E-state index contributed by atoms with van der Waals surface area (Å²) in [7, 11) is 0. The highest BCUT2D eigenvalue weighted by Gasteiger charge is 2.37. The molecule has 2 aliphatic carbocycles. The second-order valence-electron chi connectivity index (χ2n) is 14.7. The van der Waals surface area contributed by atoms with Crippen LogP contribution in [0.25, 0.3) is 121 Å². The Hall–Kier alpha value is -7.02. The second kappa shape index (κ2) is 11.2. The summed E-state index contributed by atoms with van der Waals surface area (Å²) in [6.07, 6.45) is 0. The van der Waals surface area contributed by atoms with E-state index in [-0.39, 0.29) is 0 Å². The fourth-order valence-electron chi connectivity index (χ4n) is 9.72. The lowest BCUT2D eigenvalue weighted by atomic mass is 9.81. The van der Waals surface area contributed by atoms with Crippen molar-refractivity contribution in [2.45, 2.75) is 0 Å². The van der Waals surface area contributed by atoms with Crippen molar-refractivity contribution < 1.29 is 0 Å². The van der Waals surface area contributed by atoms with Crippen molar-refractivity contribution in [2.75, 3.05) is 0 Å². The molecule has 0 heteroatoms. The Morgan fingerprint density at radius 1 is 0.204 bits per heavy atom. The van der Waals surface area contributed by atoms with Gasteiger partial charge < -0.3 is 0 Å². The number of benzene rings is 10. The fraction of sp³-hybridized carbons (Fsp3) is 0. The maximum absolute atomic E-state index is 2.53. The van der Waals surface area contributed by atoms with Crippen molar-refractivity contribution >= 4 is 32.3 Å². The first kappa shape index (κ1) is 29.5. The van der Waals surface area contributed by atoms with Crippen molar-refractivity contribution in [2.24, 2.45) is 0 Å². The van der Waals surface area contributed by atoms with Gasteiger partial charge in [-0.25, -0.2) is 0 Å². The molecule has 0 spiro atoms. The summed E-state index contributed by atoms with van der Waals surface area (Å²) in [5, 5.41) is 7.80. The predicted molar refractivity (Wildman–Crippen MR) is 230 cm³/mol. The predicted octanol–water partition coefficient (Wildman–Crippen LogP) is 15.1. The van der Waals surface area contributed by atoms with Crippen LogP contribution in [0.4, 0.5) is 0 Å². The number of hydrogen-bond donors (Lipinski definition) is 0. The first-order chi connectivity index (χ1) is 26.8. The summed E-state index contributed by atoms with van der Waals surface area (Å²) in [6, 6.07) is 72.1. The molecule has 0 atom stereocenters. The largest absolute Gasteiger partial charge is 0.0622 e. The highest BCUT2D eigenvalue weighted by atomic mass is 14.4. The van der Waals surface area contributed by atoms with Crippen molar-refractivity contribution in [1.29, 1.82) is 0 Å². The molecule has 0 radical (unpaired) electrons. The van der Waals surface area contributed by atoms with Crippen LogP contribution in [-0.2, 0) is 0 Å². The second-order valence-corrected chi connectivity index (χ2v) is 14.7. The topological polar surface area (TPSA) is 0 Å². The summed E-state index contributed by atoms with van der Waals surface area (Å²) in [4.78, 5) is 0. The lowest BCUT2D eigenvalue weighted by molar-refractivity contribution is 1.61. The van der Waals surface area contributed by atoms with Crippen LogP contribution in [0.15, 0.2) is 194 Å². The van der Waals surface area contributed by atoms with E-state index in [1.54, 1.807) is 0 Å². The molecule has 0 fully saturated rings. The Morgan fingerprint density at radius 3 is 0.963 bits per heavy atom. The average Bonchev–Trinajstić information content (AvgIpc) is 3.75. The lowest BCUT2D eigenvalue weighted by Crippen LogP contribution is -1.94. The van der Waals surface area contributed by atoms with Gasteiger partial charge in [0.2, 0.25) is 0 Å². The van der Waals surface area contributed by atoms with E-state index in [1.165, 1.54) is 121 Å². The van der Waals surface area contributed by atoms with Crippen molar-refractivity contribution in [3.05, 3.63) is 194 Å². The van der Waals surface area contributed by atoms with Gasteiger partial charge in [0, 0.05) is 0 Å². The maximum Gasteiger partial charge on any atom is -0.000137 e. The molecule has 54 heavy (non-hydrogen) atoms. The maximum atomic E-state index is 2.53. The molecule has 10 aromatic rings. The lowest BCUT2D eigenvalue weighted by Gasteiger charge is -2.21. The van der Waals surface area contributed by atoms with Crippen molar-refractivity contribution in [3.63, 3.8) is 0 Å². The van der Waals surface area contributed by atoms with Crippen LogP contribution in [0, 0.1) is 0 Å². The summed E-state index contributed by atoms with van der Waals surface area (Å²) in [5.74, 6) is 0. The van der Waals surface area contributed by atoms with Gasteiger partial charge in [-0.2, -0.15) is 0 Å². The van der Waals surface area contributed by atoms with E-state index >= 15 is 0 Å². The zero-order valence-electron chi connectivity index (χ0n) is 29.5. The van der Waals surface area contributed by atoms with Crippen LogP contribution < -0.4 is 0 Å². The van der Waals surface area contributed by atoms with Crippen molar-refractivity contribution in [1.82, 2.24) is 0 Å². The van der Waals surface area contributed by atoms with E-state index in [1.807, 2.05) is 0 Å². The molecule has 2 aliphatic rings. The Kier molecular flexibility index (Phi) is 6.15. The minimum Gasteiger partial charge on any atom is -0.0622 e. The summed E-state index contributed by atoms with van der Waals surface area (Å²) in [5.41, 5.74) is 20.7. The van der Waals surface area contributed by atoms with Gasteiger partial charge in [0.25, 0.3) is 0 Å². The fourth-order valence-corrected chi connectivity index (χ4v) is 9.72. The van der Waals surface area contributed by atoms with Gasteiger partial charge in [-0.3, -0.25) is 0 Å². The van der Waals surface area contributed by atoms with Gasteiger partial charge in [0.15, 0.2) is 0 Å². The summed E-state index contributed by atoms with van der Waals surface area (Å²) in [6.45, 7) is 0. The Morgan fingerprint density at radius 2 is 0.556 bits per heavy atom. The molecular formula is C54H32. The van der Waals surface area contributed by atoms with Crippen LogP contribution in [0.5, 0.6) is 0 Å². The van der Waals surface area contributed by atoms with Crippen molar-refractivity contribution in [3.8, 4) is 89.0 Å². The molecular weight excluding hydrogens is 649 g/mol. The third kappa shape index (κ3) is 4.03. The molecule has 0 saturated carbocycles. The Balaban J connectivity index is 1.37. The first-order valence-corrected chi connectivity index (χ1v) is 18.9. The molecule has 0 bridgehead atoms. The Bertz CT molecular complexity index is 2950. The van der Waals surface area contributed by atoms with Gasteiger partial charge in [-0.15, -0.1) is 0 Å². The van der Waals surface area contributed by atoms with Gasteiger partial charge in [0.1, 0.15) is 0 Å². The minimum atomic E-state index is 1.24. The van der Waals surface area contributed by atoms with Crippen LogP contribution >= 0.6 is 0 Å².